The summed E-state index contributed by atoms with van der Waals surface area (Å²) in [5.41, 5.74) is -0.590. The molecule has 1 fully saturated rings. The average Bonchev–Trinajstić information content (AvgIpc) is 3.39. The Hall–Kier alpha value is -0.584. The molecule has 2 atom stereocenters. The summed E-state index contributed by atoms with van der Waals surface area (Å²) in [5, 5.41) is 9.46. The molecule has 0 saturated heterocycles. The van der Waals surface area contributed by atoms with Crippen LogP contribution in [-0.2, 0) is 4.79 Å². The second kappa shape index (κ2) is 16.2. The Bertz CT molecular complexity index is 869. The molecule has 34 heavy (non-hydrogen) atoms. The van der Waals surface area contributed by atoms with Crippen LogP contribution in [0, 0.1) is 43.8 Å². The Balaban J connectivity index is 0.000000575. The topological polar surface area (TPSA) is 59.4 Å². The van der Waals surface area contributed by atoms with Gasteiger partial charge >= 0.3 is 58.0 Å². The van der Waals surface area contributed by atoms with E-state index in [4.69, 9.17) is 5.11 Å². The van der Waals surface area contributed by atoms with Crippen molar-refractivity contribution < 1.29 is 79.2 Å². The van der Waals surface area contributed by atoms with Gasteiger partial charge in [0, 0.05) is 0 Å². The third-order valence-electron chi connectivity index (χ3n) is 4.51. The molecule has 1 aromatic carbocycles. The van der Waals surface area contributed by atoms with E-state index in [0.717, 1.165) is 24.6 Å². The summed E-state index contributed by atoms with van der Waals surface area (Å²) in [6.07, 6.45) is 6.39. The van der Waals surface area contributed by atoms with Crippen LogP contribution in [0.1, 0.15) is 57.8 Å². The minimum absolute atomic E-state index is 0. The number of rotatable bonds is 8. The standard InChI is InChI=1S/C11H7F3NOS.C11H18O2.C3H8.K/c1-6-5-15-10(17-6)8-4-7(12)2-3-9(8)16-11(13)14;1-8(2)6-11(3,10(12)13)7-9-4-5-9;1-3-2;/h2-5,11H,1H2;8-9H,1,3-7H2,2H3,(H,12,13);3H2,1-2H3;/q-1;-2;;+1/t;8?,11-;;/m.0../s1. The number of hydrogen-bond donors (Lipinski definition) is 1. The van der Waals surface area contributed by atoms with E-state index >= 15 is 0 Å². The van der Waals surface area contributed by atoms with Gasteiger partial charge in [0.05, 0.1) is 5.56 Å². The number of nitrogens with zero attached hydrogens (tertiary/aromatic N) is 1. The predicted molar refractivity (Wildman–Crippen MR) is 126 cm³/mol. The van der Waals surface area contributed by atoms with E-state index in [0.29, 0.717) is 22.2 Å². The number of aromatic nitrogens is 1. The third-order valence-corrected chi connectivity index (χ3v) is 5.40. The van der Waals surface area contributed by atoms with Gasteiger partial charge in [-0.2, -0.15) is 26.0 Å². The molecule has 4 nitrogen and oxygen atoms in total. The summed E-state index contributed by atoms with van der Waals surface area (Å²) in [7, 11) is 0. The normalized spacial score (nSPS) is 15.0. The third kappa shape index (κ3) is 12.4. The van der Waals surface area contributed by atoms with Crippen LogP contribution in [-0.4, -0.2) is 22.7 Å². The summed E-state index contributed by atoms with van der Waals surface area (Å²) in [5.74, 6) is -0.646. The van der Waals surface area contributed by atoms with Crippen LogP contribution in [0.25, 0.3) is 10.6 Å². The summed E-state index contributed by atoms with van der Waals surface area (Å²) in [4.78, 5) is 15.6. The van der Waals surface area contributed by atoms with E-state index < -0.39 is 23.8 Å². The first-order valence-corrected chi connectivity index (χ1v) is 11.7. The van der Waals surface area contributed by atoms with Crippen molar-refractivity contribution in [2.24, 2.45) is 17.3 Å². The van der Waals surface area contributed by atoms with Crippen molar-refractivity contribution in [3.63, 3.8) is 0 Å². The molecule has 1 aliphatic rings. The summed E-state index contributed by atoms with van der Waals surface area (Å²) in [6.45, 7) is 14.6. The number of carboxylic acid groups (broad SMARTS) is 1. The average molecular weight is 524 g/mol. The van der Waals surface area contributed by atoms with Crippen molar-refractivity contribution in [1.82, 2.24) is 4.98 Å². The van der Waals surface area contributed by atoms with Crippen LogP contribution in [0.4, 0.5) is 13.2 Å². The maximum absolute atomic E-state index is 13.1. The molecule has 1 aliphatic carbocycles. The molecule has 1 N–H and O–H groups in total. The number of halogens is 3. The van der Waals surface area contributed by atoms with E-state index in [1.54, 1.807) is 0 Å². The van der Waals surface area contributed by atoms with Crippen molar-refractivity contribution in [2.45, 2.75) is 59.5 Å². The molecule has 9 heteroatoms. The Kier molecular flexibility index (Phi) is 15.9. The van der Waals surface area contributed by atoms with E-state index in [2.05, 4.69) is 44.3 Å². The van der Waals surface area contributed by atoms with Gasteiger partial charge in [-0.25, -0.2) is 11.3 Å². The van der Waals surface area contributed by atoms with Crippen LogP contribution in [0.5, 0.6) is 5.75 Å². The molecule has 1 unspecified atom stereocenters. The largest absolute Gasteiger partial charge is 1.00 e. The fourth-order valence-electron chi connectivity index (χ4n) is 3.10. The van der Waals surface area contributed by atoms with Crippen molar-refractivity contribution in [3.8, 4) is 16.3 Å². The van der Waals surface area contributed by atoms with Gasteiger partial charge in [0.25, 0.3) is 5.97 Å². The van der Waals surface area contributed by atoms with Gasteiger partial charge in [0.15, 0.2) is 0 Å². The molecule has 0 spiro atoms. The van der Waals surface area contributed by atoms with Crippen LogP contribution >= 0.6 is 11.3 Å². The zero-order valence-corrected chi connectivity index (χ0v) is 24.4. The van der Waals surface area contributed by atoms with E-state index in [-0.39, 0.29) is 68.6 Å². The number of carboxylic acids is 1. The second-order valence-corrected chi connectivity index (χ2v) is 9.52. The Morgan fingerprint density at radius 2 is 1.94 bits per heavy atom. The van der Waals surface area contributed by atoms with Gasteiger partial charge in [-0.3, -0.25) is 4.79 Å². The molecule has 1 heterocycles. The van der Waals surface area contributed by atoms with Gasteiger partial charge in [0.2, 0.25) is 0 Å². The molecule has 0 aliphatic heterocycles. The number of hydrogen-bond acceptors (Lipinski definition) is 4. The monoisotopic (exact) mass is 523 g/mol. The minimum atomic E-state index is -2.96. The first-order chi connectivity index (χ1) is 15.4. The first-order valence-electron chi connectivity index (χ1n) is 10.9. The number of benzene rings is 1. The van der Waals surface area contributed by atoms with E-state index in [1.807, 2.05) is 6.92 Å². The van der Waals surface area contributed by atoms with E-state index in [9.17, 15) is 18.0 Å². The number of alkyl halides is 2. The molecule has 186 valence electrons. The van der Waals surface area contributed by atoms with Gasteiger partial charge in [0.1, 0.15) is 16.6 Å². The molecule has 0 radical (unpaired) electrons. The number of thiazole rings is 1. The zero-order chi connectivity index (χ0) is 25.2. The molecular weight excluding hydrogens is 490 g/mol. The minimum Gasteiger partial charge on any atom is -0.483 e. The molecule has 1 aromatic heterocycles. The molecule has 0 bridgehead atoms. The van der Waals surface area contributed by atoms with Crippen LogP contribution in [0.15, 0.2) is 24.4 Å². The second-order valence-electron chi connectivity index (χ2n) is 8.40. The molecule has 2 aromatic rings. The Morgan fingerprint density at radius 3 is 2.35 bits per heavy atom. The quantitative estimate of drug-likeness (QED) is 0.402. The predicted octanol–water partition coefficient (Wildman–Crippen LogP) is 4.70. The van der Waals surface area contributed by atoms with Crippen molar-refractivity contribution in [2.75, 3.05) is 0 Å². The van der Waals surface area contributed by atoms with Gasteiger partial charge in [-0.1, -0.05) is 58.3 Å². The van der Waals surface area contributed by atoms with Crippen LogP contribution in [0.3, 0.4) is 0 Å². The smallest absolute Gasteiger partial charge is 0.483 e. The van der Waals surface area contributed by atoms with E-state index in [1.165, 1.54) is 36.8 Å². The van der Waals surface area contributed by atoms with Crippen molar-refractivity contribution in [3.05, 3.63) is 55.9 Å². The van der Waals surface area contributed by atoms with Gasteiger partial charge in [-0.05, 0) is 24.1 Å². The maximum atomic E-state index is 13.1. The Labute approximate surface area is 248 Å². The summed E-state index contributed by atoms with van der Waals surface area (Å²) in [6, 6.07) is 3.32. The molecular formula is C25H33F3KNO3S-2. The van der Waals surface area contributed by atoms with Crippen molar-refractivity contribution in [1.29, 1.82) is 0 Å². The number of ether oxygens (including phenoxy) is 1. The number of aliphatic carboxylic acids is 1. The Morgan fingerprint density at radius 1 is 1.35 bits per heavy atom. The van der Waals surface area contributed by atoms with Crippen LogP contribution in [0.2, 0.25) is 0 Å². The molecule has 1 saturated carbocycles. The van der Waals surface area contributed by atoms with Crippen LogP contribution < -0.4 is 56.1 Å². The summed E-state index contributed by atoms with van der Waals surface area (Å²) >= 11 is 1.18. The van der Waals surface area contributed by atoms with Gasteiger partial charge < -0.3 is 28.7 Å². The summed E-state index contributed by atoms with van der Waals surface area (Å²) < 4.78 is 41.8. The van der Waals surface area contributed by atoms with Gasteiger partial charge in [-0.15, -0.1) is 11.1 Å². The first kappa shape index (κ1) is 33.4. The SMILES string of the molecule is CCC.[CH2-]C(C)C[C@@]([CH2-])(CC1CC1)C(=O)O.[CH2-]c1cnc(-c2cc(F)ccc2OC(F)F)s1.[K+]. The van der Waals surface area contributed by atoms with Crippen molar-refractivity contribution >= 4 is 17.3 Å². The molecule has 0 amide bonds. The maximum Gasteiger partial charge on any atom is 1.00 e. The zero-order valence-electron chi connectivity index (χ0n) is 20.5. The fourth-order valence-corrected chi connectivity index (χ4v) is 3.83. The fraction of sp³-hybridized carbons (Fsp3) is 0.480. The molecule has 3 rings (SSSR count). The number of carbonyl (C=O) groups is 1.